The standard InChI is InChI=1S/C12H18N2O/c1-8-9(2)13-7-6-10(8)11(15)14-12(3,4)5/h6-7H,1-5H3,(H,14,15). The molecule has 1 rings (SSSR count). The van der Waals surface area contributed by atoms with Crippen molar-refractivity contribution in [1.29, 1.82) is 0 Å². The summed E-state index contributed by atoms with van der Waals surface area (Å²) in [6.45, 7) is 9.72. The fourth-order valence-corrected chi connectivity index (χ4v) is 1.29. The lowest BCUT2D eigenvalue weighted by Gasteiger charge is -2.21. The molecule has 0 saturated carbocycles. The lowest BCUT2D eigenvalue weighted by molar-refractivity contribution is 0.0918. The van der Waals surface area contributed by atoms with Gasteiger partial charge in [0, 0.05) is 23.0 Å². The van der Waals surface area contributed by atoms with E-state index >= 15 is 0 Å². The Kier molecular flexibility index (Phi) is 3.12. The summed E-state index contributed by atoms with van der Waals surface area (Å²) in [6, 6.07) is 1.75. The van der Waals surface area contributed by atoms with Gasteiger partial charge in [-0.1, -0.05) is 0 Å². The lowest BCUT2D eigenvalue weighted by Crippen LogP contribution is -2.40. The second-order valence-electron chi connectivity index (χ2n) is 4.77. The van der Waals surface area contributed by atoms with E-state index in [0.717, 1.165) is 11.3 Å². The first-order valence-corrected chi connectivity index (χ1v) is 5.06. The summed E-state index contributed by atoms with van der Waals surface area (Å²) in [5.41, 5.74) is 2.34. The van der Waals surface area contributed by atoms with Crippen LogP contribution < -0.4 is 5.32 Å². The SMILES string of the molecule is Cc1nccc(C(=O)NC(C)(C)C)c1C. The van der Waals surface area contributed by atoms with E-state index in [0.29, 0.717) is 5.56 Å². The number of nitrogens with one attached hydrogen (secondary N) is 1. The molecule has 3 nitrogen and oxygen atoms in total. The number of carbonyl (C=O) groups is 1. The molecule has 1 heterocycles. The van der Waals surface area contributed by atoms with Gasteiger partial charge in [0.2, 0.25) is 0 Å². The third-order valence-corrected chi connectivity index (χ3v) is 2.19. The molecule has 0 bridgehead atoms. The van der Waals surface area contributed by atoms with E-state index in [1.165, 1.54) is 0 Å². The Balaban J connectivity index is 2.97. The summed E-state index contributed by atoms with van der Waals surface area (Å²) in [4.78, 5) is 16.0. The zero-order chi connectivity index (χ0) is 11.6. The van der Waals surface area contributed by atoms with Crippen LogP contribution in [0.5, 0.6) is 0 Å². The second-order valence-corrected chi connectivity index (χ2v) is 4.77. The van der Waals surface area contributed by atoms with Crippen LogP contribution in [0.25, 0.3) is 0 Å². The smallest absolute Gasteiger partial charge is 0.252 e. The fraction of sp³-hybridized carbons (Fsp3) is 0.500. The number of hydrogen-bond acceptors (Lipinski definition) is 2. The van der Waals surface area contributed by atoms with Crippen LogP contribution in [0.15, 0.2) is 12.3 Å². The Morgan fingerprint density at radius 3 is 2.47 bits per heavy atom. The van der Waals surface area contributed by atoms with Gasteiger partial charge >= 0.3 is 0 Å². The molecule has 0 aromatic carbocycles. The maximum Gasteiger partial charge on any atom is 0.252 e. The van der Waals surface area contributed by atoms with Gasteiger partial charge < -0.3 is 5.32 Å². The van der Waals surface area contributed by atoms with Crippen LogP contribution in [0, 0.1) is 13.8 Å². The predicted molar refractivity (Wildman–Crippen MR) is 60.9 cm³/mol. The maximum absolute atomic E-state index is 11.9. The van der Waals surface area contributed by atoms with E-state index in [2.05, 4.69) is 10.3 Å². The number of pyridine rings is 1. The van der Waals surface area contributed by atoms with E-state index in [-0.39, 0.29) is 11.4 Å². The molecular formula is C12H18N2O. The Morgan fingerprint density at radius 2 is 1.93 bits per heavy atom. The molecule has 0 unspecified atom stereocenters. The van der Waals surface area contributed by atoms with Crippen molar-refractivity contribution in [1.82, 2.24) is 10.3 Å². The molecule has 0 aliphatic heterocycles. The molecule has 0 fully saturated rings. The normalized spacial score (nSPS) is 11.3. The molecule has 0 aliphatic carbocycles. The highest BCUT2D eigenvalue weighted by Gasteiger charge is 2.17. The Labute approximate surface area is 90.9 Å². The molecular weight excluding hydrogens is 188 g/mol. The van der Waals surface area contributed by atoms with E-state index in [4.69, 9.17) is 0 Å². The van der Waals surface area contributed by atoms with Crippen molar-refractivity contribution in [3.63, 3.8) is 0 Å². The van der Waals surface area contributed by atoms with Gasteiger partial charge in [-0.15, -0.1) is 0 Å². The number of amides is 1. The molecule has 15 heavy (non-hydrogen) atoms. The van der Waals surface area contributed by atoms with E-state index in [1.54, 1.807) is 12.3 Å². The molecule has 0 saturated heterocycles. The van der Waals surface area contributed by atoms with Crippen LogP contribution in [0.1, 0.15) is 42.4 Å². The van der Waals surface area contributed by atoms with Crippen molar-refractivity contribution >= 4 is 5.91 Å². The number of rotatable bonds is 1. The van der Waals surface area contributed by atoms with Crippen LogP contribution in [0.2, 0.25) is 0 Å². The Morgan fingerprint density at radius 1 is 1.33 bits per heavy atom. The van der Waals surface area contributed by atoms with Gasteiger partial charge in [-0.3, -0.25) is 9.78 Å². The second kappa shape index (κ2) is 4.01. The lowest BCUT2D eigenvalue weighted by atomic mass is 10.0. The number of aryl methyl sites for hydroxylation is 1. The van der Waals surface area contributed by atoms with Crippen molar-refractivity contribution in [2.75, 3.05) is 0 Å². The molecule has 0 spiro atoms. The molecule has 3 heteroatoms. The predicted octanol–water partition coefficient (Wildman–Crippen LogP) is 2.23. The highest BCUT2D eigenvalue weighted by atomic mass is 16.1. The van der Waals surface area contributed by atoms with E-state index in [1.807, 2.05) is 34.6 Å². The minimum absolute atomic E-state index is 0.0366. The average Bonchev–Trinajstić information content (AvgIpc) is 2.06. The van der Waals surface area contributed by atoms with Crippen LogP contribution >= 0.6 is 0 Å². The van der Waals surface area contributed by atoms with Gasteiger partial charge in [0.05, 0.1) is 0 Å². The summed E-state index contributed by atoms with van der Waals surface area (Å²) in [5.74, 6) is -0.0366. The number of hydrogen-bond donors (Lipinski definition) is 1. The molecule has 0 atom stereocenters. The first-order chi connectivity index (χ1) is 6.81. The van der Waals surface area contributed by atoms with Crippen molar-refractivity contribution in [2.24, 2.45) is 0 Å². The topological polar surface area (TPSA) is 42.0 Å². The summed E-state index contributed by atoms with van der Waals surface area (Å²) < 4.78 is 0. The molecule has 0 aliphatic rings. The van der Waals surface area contributed by atoms with Gasteiger partial charge in [-0.05, 0) is 46.2 Å². The summed E-state index contributed by atoms with van der Waals surface area (Å²) in [7, 11) is 0. The van der Waals surface area contributed by atoms with Gasteiger partial charge in [0.15, 0.2) is 0 Å². The van der Waals surface area contributed by atoms with Crippen LogP contribution in [0.4, 0.5) is 0 Å². The Bertz CT molecular complexity index is 378. The van der Waals surface area contributed by atoms with Gasteiger partial charge in [-0.2, -0.15) is 0 Å². The third kappa shape index (κ3) is 3.05. The quantitative estimate of drug-likeness (QED) is 0.765. The monoisotopic (exact) mass is 206 g/mol. The molecule has 1 N–H and O–H groups in total. The van der Waals surface area contributed by atoms with Gasteiger partial charge in [0.1, 0.15) is 0 Å². The highest BCUT2D eigenvalue weighted by Crippen LogP contribution is 2.11. The molecule has 82 valence electrons. The van der Waals surface area contributed by atoms with Crippen molar-refractivity contribution < 1.29 is 4.79 Å². The van der Waals surface area contributed by atoms with Crippen LogP contribution in [-0.2, 0) is 0 Å². The highest BCUT2D eigenvalue weighted by molar-refractivity contribution is 5.96. The van der Waals surface area contributed by atoms with Crippen molar-refractivity contribution in [3.8, 4) is 0 Å². The zero-order valence-corrected chi connectivity index (χ0v) is 10.0. The summed E-state index contributed by atoms with van der Waals surface area (Å²) in [5, 5.41) is 2.94. The van der Waals surface area contributed by atoms with Crippen LogP contribution in [-0.4, -0.2) is 16.4 Å². The Hall–Kier alpha value is -1.38. The molecule has 1 amide bonds. The first kappa shape index (κ1) is 11.7. The van der Waals surface area contributed by atoms with Gasteiger partial charge in [0.25, 0.3) is 5.91 Å². The minimum Gasteiger partial charge on any atom is -0.347 e. The molecule has 1 aromatic rings. The number of aromatic nitrogens is 1. The fourth-order valence-electron chi connectivity index (χ4n) is 1.29. The zero-order valence-electron chi connectivity index (χ0n) is 10.0. The molecule has 0 radical (unpaired) electrons. The van der Waals surface area contributed by atoms with Crippen LogP contribution in [0.3, 0.4) is 0 Å². The maximum atomic E-state index is 11.9. The van der Waals surface area contributed by atoms with Crippen molar-refractivity contribution in [3.05, 3.63) is 29.1 Å². The third-order valence-electron chi connectivity index (χ3n) is 2.19. The minimum atomic E-state index is -0.208. The number of nitrogens with zero attached hydrogens (tertiary/aromatic N) is 1. The first-order valence-electron chi connectivity index (χ1n) is 5.06. The number of carbonyl (C=O) groups excluding carboxylic acids is 1. The van der Waals surface area contributed by atoms with Gasteiger partial charge in [-0.25, -0.2) is 0 Å². The average molecular weight is 206 g/mol. The largest absolute Gasteiger partial charge is 0.347 e. The molecule has 1 aromatic heterocycles. The summed E-state index contributed by atoms with van der Waals surface area (Å²) in [6.07, 6.45) is 1.67. The van der Waals surface area contributed by atoms with E-state index < -0.39 is 0 Å². The summed E-state index contributed by atoms with van der Waals surface area (Å²) >= 11 is 0. The van der Waals surface area contributed by atoms with E-state index in [9.17, 15) is 4.79 Å². The van der Waals surface area contributed by atoms with Crippen molar-refractivity contribution in [2.45, 2.75) is 40.2 Å².